The summed E-state index contributed by atoms with van der Waals surface area (Å²) in [4.78, 5) is 0. The first kappa shape index (κ1) is 14.3. The fraction of sp³-hybridized carbons (Fsp3) is 1.00. The molecule has 2 aliphatic rings. The van der Waals surface area contributed by atoms with Crippen molar-refractivity contribution in [2.24, 2.45) is 11.5 Å². The first-order valence-electron chi connectivity index (χ1n) is 8.24. The third-order valence-corrected chi connectivity index (χ3v) is 5.48. The molecule has 0 bridgehead atoms. The van der Waals surface area contributed by atoms with Crippen molar-refractivity contribution in [1.82, 2.24) is 0 Å². The van der Waals surface area contributed by atoms with Gasteiger partial charge < -0.3 is 11.5 Å². The Balaban J connectivity index is 2.07. The maximum atomic E-state index is 6.83. The summed E-state index contributed by atoms with van der Waals surface area (Å²) < 4.78 is 0. The van der Waals surface area contributed by atoms with Crippen LogP contribution in [0.15, 0.2) is 0 Å². The van der Waals surface area contributed by atoms with Gasteiger partial charge in [-0.2, -0.15) is 0 Å². The van der Waals surface area contributed by atoms with E-state index in [9.17, 15) is 0 Å². The van der Waals surface area contributed by atoms with Gasteiger partial charge in [-0.25, -0.2) is 0 Å². The predicted octanol–water partition coefficient (Wildman–Crippen LogP) is 3.87. The number of rotatable bonds is 1. The monoisotopic (exact) mass is 252 g/mol. The largest absolute Gasteiger partial charge is 0.324 e. The lowest BCUT2D eigenvalue weighted by atomic mass is 9.65. The Hall–Kier alpha value is -0.0800. The Kier molecular flexibility index (Phi) is 5.08. The summed E-state index contributed by atoms with van der Waals surface area (Å²) in [5.41, 5.74) is 13.5. The molecule has 106 valence electrons. The second-order valence-corrected chi connectivity index (χ2v) is 6.85. The smallest absolute Gasteiger partial charge is 0.0336 e. The van der Waals surface area contributed by atoms with Crippen molar-refractivity contribution < 1.29 is 0 Å². The van der Waals surface area contributed by atoms with Crippen LogP contribution in [-0.2, 0) is 0 Å². The molecule has 0 aromatic heterocycles. The van der Waals surface area contributed by atoms with Gasteiger partial charge in [-0.05, 0) is 25.7 Å². The highest BCUT2D eigenvalue weighted by Crippen LogP contribution is 2.39. The summed E-state index contributed by atoms with van der Waals surface area (Å²) in [7, 11) is 0. The van der Waals surface area contributed by atoms with Crippen molar-refractivity contribution in [3.63, 3.8) is 0 Å². The van der Waals surface area contributed by atoms with Gasteiger partial charge in [-0.15, -0.1) is 0 Å². The fourth-order valence-electron chi connectivity index (χ4n) is 4.07. The lowest BCUT2D eigenvalue weighted by molar-refractivity contribution is 0.139. The van der Waals surface area contributed by atoms with Crippen molar-refractivity contribution in [2.75, 3.05) is 0 Å². The Morgan fingerprint density at radius 3 is 0.889 bits per heavy atom. The zero-order valence-electron chi connectivity index (χ0n) is 12.1. The van der Waals surface area contributed by atoms with Crippen LogP contribution >= 0.6 is 0 Å². The summed E-state index contributed by atoms with van der Waals surface area (Å²) in [6.45, 7) is 0. The van der Waals surface area contributed by atoms with Gasteiger partial charge >= 0.3 is 0 Å². The van der Waals surface area contributed by atoms with Crippen LogP contribution in [0.4, 0.5) is 0 Å². The molecule has 2 nitrogen and oxygen atoms in total. The summed E-state index contributed by atoms with van der Waals surface area (Å²) in [6, 6.07) is 0. The van der Waals surface area contributed by atoms with Gasteiger partial charge in [-0.1, -0.05) is 64.2 Å². The van der Waals surface area contributed by atoms with E-state index in [0.29, 0.717) is 0 Å². The SMILES string of the molecule is NC1(C2(N)CCCCCCC2)CCCCCCC1. The fourth-order valence-corrected chi connectivity index (χ4v) is 4.07. The van der Waals surface area contributed by atoms with Crippen LogP contribution in [0.2, 0.25) is 0 Å². The quantitative estimate of drug-likeness (QED) is 0.744. The van der Waals surface area contributed by atoms with Crippen LogP contribution in [0.1, 0.15) is 89.9 Å². The highest BCUT2D eigenvalue weighted by Gasteiger charge is 2.44. The van der Waals surface area contributed by atoms with E-state index in [-0.39, 0.29) is 11.1 Å². The molecule has 2 saturated carbocycles. The summed E-state index contributed by atoms with van der Waals surface area (Å²) in [6.07, 6.45) is 18.0. The maximum Gasteiger partial charge on any atom is 0.0336 e. The minimum absolute atomic E-state index is 0.0786. The van der Waals surface area contributed by atoms with E-state index in [1.165, 1.54) is 64.2 Å². The average molecular weight is 252 g/mol. The summed E-state index contributed by atoms with van der Waals surface area (Å²) >= 11 is 0. The van der Waals surface area contributed by atoms with Gasteiger partial charge in [-0.3, -0.25) is 0 Å². The first-order chi connectivity index (χ1) is 8.66. The van der Waals surface area contributed by atoms with Gasteiger partial charge in [0.2, 0.25) is 0 Å². The van der Waals surface area contributed by atoms with Crippen LogP contribution in [0.3, 0.4) is 0 Å². The Morgan fingerprint density at radius 2 is 0.611 bits per heavy atom. The Bertz CT molecular complexity index is 207. The minimum atomic E-state index is -0.0786. The van der Waals surface area contributed by atoms with Crippen LogP contribution in [-0.4, -0.2) is 11.1 Å². The Labute approximate surface area is 113 Å². The molecule has 2 rings (SSSR count). The highest BCUT2D eigenvalue weighted by atomic mass is 14.9. The van der Waals surface area contributed by atoms with Crippen molar-refractivity contribution in [1.29, 1.82) is 0 Å². The molecule has 0 amide bonds. The van der Waals surface area contributed by atoms with Crippen molar-refractivity contribution >= 4 is 0 Å². The molecule has 2 heteroatoms. The molecule has 0 saturated heterocycles. The van der Waals surface area contributed by atoms with E-state index in [0.717, 1.165) is 25.7 Å². The molecule has 0 unspecified atom stereocenters. The topological polar surface area (TPSA) is 52.0 Å². The third kappa shape index (κ3) is 3.27. The Morgan fingerprint density at radius 1 is 0.389 bits per heavy atom. The zero-order valence-corrected chi connectivity index (χ0v) is 12.1. The molecule has 0 aromatic carbocycles. The number of nitrogens with two attached hydrogens (primary N) is 2. The molecule has 0 aromatic rings. The van der Waals surface area contributed by atoms with Crippen molar-refractivity contribution in [2.45, 2.75) is 101 Å². The van der Waals surface area contributed by atoms with E-state index in [2.05, 4.69) is 0 Å². The zero-order chi connectivity index (χ0) is 12.9. The minimum Gasteiger partial charge on any atom is -0.324 e. The molecule has 2 fully saturated rings. The maximum absolute atomic E-state index is 6.83. The second kappa shape index (κ2) is 6.38. The van der Waals surface area contributed by atoms with Crippen LogP contribution in [0.25, 0.3) is 0 Å². The predicted molar refractivity (Wildman–Crippen MR) is 78.5 cm³/mol. The van der Waals surface area contributed by atoms with Gasteiger partial charge in [0.15, 0.2) is 0 Å². The lowest BCUT2D eigenvalue weighted by Gasteiger charge is -2.48. The average Bonchev–Trinajstić information content (AvgIpc) is 2.29. The van der Waals surface area contributed by atoms with Crippen LogP contribution < -0.4 is 11.5 Å². The van der Waals surface area contributed by atoms with E-state index in [1.54, 1.807) is 0 Å². The van der Waals surface area contributed by atoms with Gasteiger partial charge in [0.1, 0.15) is 0 Å². The highest BCUT2D eigenvalue weighted by molar-refractivity contribution is 5.07. The number of hydrogen-bond donors (Lipinski definition) is 2. The van der Waals surface area contributed by atoms with E-state index >= 15 is 0 Å². The molecular weight excluding hydrogens is 220 g/mol. The van der Waals surface area contributed by atoms with Crippen molar-refractivity contribution in [3.05, 3.63) is 0 Å². The summed E-state index contributed by atoms with van der Waals surface area (Å²) in [5.74, 6) is 0. The molecule has 2 aliphatic carbocycles. The van der Waals surface area contributed by atoms with E-state index in [1.807, 2.05) is 0 Å². The molecule has 0 radical (unpaired) electrons. The van der Waals surface area contributed by atoms with Crippen LogP contribution in [0.5, 0.6) is 0 Å². The van der Waals surface area contributed by atoms with Gasteiger partial charge in [0, 0.05) is 11.1 Å². The molecule has 4 N–H and O–H groups in total. The molecular formula is C16H32N2. The van der Waals surface area contributed by atoms with Gasteiger partial charge in [0.05, 0.1) is 0 Å². The summed E-state index contributed by atoms with van der Waals surface area (Å²) in [5, 5.41) is 0. The first-order valence-corrected chi connectivity index (χ1v) is 8.24. The third-order valence-electron chi connectivity index (χ3n) is 5.48. The normalized spacial score (nSPS) is 29.7. The van der Waals surface area contributed by atoms with E-state index in [4.69, 9.17) is 11.5 Å². The van der Waals surface area contributed by atoms with Crippen LogP contribution in [0, 0.1) is 0 Å². The molecule has 18 heavy (non-hydrogen) atoms. The second-order valence-electron chi connectivity index (χ2n) is 6.85. The van der Waals surface area contributed by atoms with E-state index < -0.39 is 0 Å². The standard InChI is InChI=1S/C16H32N2/c17-15(11-7-3-1-4-8-12-15)16(18)13-9-5-2-6-10-14-16/h1-14,17-18H2. The number of hydrogen-bond acceptors (Lipinski definition) is 2. The molecule has 0 heterocycles. The van der Waals surface area contributed by atoms with Gasteiger partial charge in [0.25, 0.3) is 0 Å². The molecule has 0 atom stereocenters. The molecule has 0 spiro atoms. The lowest BCUT2D eigenvalue weighted by Crippen LogP contribution is -2.66. The van der Waals surface area contributed by atoms with Crippen molar-refractivity contribution in [3.8, 4) is 0 Å². The molecule has 0 aliphatic heterocycles.